The second kappa shape index (κ2) is 6.13. The minimum absolute atomic E-state index is 0.0308. The Balaban J connectivity index is 2.00. The Morgan fingerprint density at radius 3 is 2.79 bits per heavy atom. The number of nitrogens with one attached hydrogen (secondary N) is 1. The third kappa shape index (κ3) is 3.75. The molecule has 1 N–H and O–H groups in total. The maximum absolute atomic E-state index is 13.1. The quantitative estimate of drug-likeness (QED) is 0.913. The topological polar surface area (TPSA) is 24.9 Å². The molecule has 0 amide bonds. The lowest BCUT2D eigenvalue weighted by Gasteiger charge is -2.14. The fraction of sp³-hybridized carbons (Fsp3) is 0.267. The van der Waals surface area contributed by atoms with Crippen LogP contribution in [-0.4, -0.2) is 4.98 Å². The first-order chi connectivity index (χ1) is 9.06. The molecule has 0 aliphatic heterocycles. The highest BCUT2D eigenvalue weighted by molar-refractivity contribution is 6.31. The van der Waals surface area contributed by atoms with Crippen LogP contribution in [0, 0.1) is 12.7 Å². The SMILES string of the molecule is Cc1ccc(CNC(C)c2cncc(F)c2)cc1Cl. The van der Waals surface area contributed by atoms with Crippen molar-refractivity contribution in [1.82, 2.24) is 10.3 Å². The van der Waals surface area contributed by atoms with Crippen LogP contribution in [0.3, 0.4) is 0 Å². The summed E-state index contributed by atoms with van der Waals surface area (Å²) in [4.78, 5) is 3.85. The predicted octanol–water partition coefficient (Wildman–Crippen LogP) is 4.03. The van der Waals surface area contributed by atoms with Crippen molar-refractivity contribution in [2.45, 2.75) is 26.4 Å². The molecule has 19 heavy (non-hydrogen) atoms. The molecule has 0 saturated carbocycles. The van der Waals surface area contributed by atoms with E-state index in [0.717, 1.165) is 21.7 Å². The molecular formula is C15H16ClFN2. The number of aryl methyl sites for hydroxylation is 1. The molecule has 0 spiro atoms. The second-order valence-corrected chi connectivity index (χ2v) is 5.03. The first kappa shape index (κ1) is 14.0. The Hall–Kier alpha value is -1.45. The van der Waals surface area contributed by atoms with Crippen molar-refractivity contribution >= 4 is 11.6 Å². The molecule has 0 radical (unpaired) electrons. The minimum Gasteiger partial charge on any atom is -0.306 e. The smallest absolute Gasteiger partial charge is 0.141 e. The summed E-state index contributed by atoms with van der Waals surface area (Å²) in [7, 11) is 0. The van der Waals surface area contributed by atoms with Gasteiger partial charge in [-0.3, -0.25) is 4.98 Å². The van der Waals surface area contributed by atoms with E-state index in [2.05, 4.69) is 10.3 Å². The van der Waals surface area contributed by atoms with Crippen LogP contribution in [0.15, 0.2) is 36.7 Å². The summed E-state index contributed by atoms with van der Waals surface area (Å²) >= 11 is 6.08. The first-order valence-electron chi connectivity index (χ1n) is 6.15. The average Bonchev–Trinajstić information content (AvgIpc) is 2.40. The van der Waals surface area contributed by atoms with Gasteiger partial charge < -0.3 is 5.32 Å². The van der Waals surface area contributed by atoms with Crippen molar-refractivity contribution in [2.24, 2.45) is 0 Å². The third-order valence-corrected chi connectivity index (χ3v) is 3.48. The van der Waals surface area contributed by atoms with Crippen molar-refractivity contribution < 1.29 is 4.39 Å². The van der Waals surface area contributed by atoms with E-state index in [-0.39, 0.29) is 11.9 Å². The minimum atomic E-state index is -0.315. The molecule has 1 atom stereocenters. The largest absolute Gasteiger partial charge is 0.306 e. The standard InChI is InChI=1S/C15H16ClFN2/c1-10-3-4-12(5-15(10)16)7-19-11(2)13-6-14(17)9-18-8-13/h3-6,8-9,11,19H,7H2,1-2H3. The van der Waals surface area contributed by atoms with E-state index in [1.165, 1.54) is 12.3 Å². The van der Waals surface area contributed by atoms with Crippen LogP contribution < -0.4 is 5.32 Å². The van der Waals surface area contributed by atoms with Gasteiger partial charge in [-0.25, -0.2) is 4.39 Å². The van der Waals surface area contributed by atoms with Gasteiger partial charge in [-0.05, 0) is 42.7 Å². The lowest BCUT2D eigenvalue weighted by atomic mass is 10.1. The zero-order valence-electron chi connectivity index (χ0n) is 11.0. The van der Waals surface area contributed by atoms with E-state index in [1.807, 2.05) is 32.0 Å². The predicted molar refractivity (Wildman–Crippen MR) is 75.6 cm³/mol. The van der Waals surface area contributed by atoms with Crippen molar-refractivity contribution in [1.29, 1.82) is 0 Å². The molecule has 1 aromatic heterocycles. The molecule has 100 valence electrons. The van der Waals surface area contributed by atoms with Crippen LogP contribution in [0.5, 0.6) is 0 Å². The van der Waals surface area contributed by atoms with E-state index in [4.69, 9.17) is 11.6 Å². The number of halogens is 2. The van der Waals surface area contributed by atoms with Crippen LogP contribution in [-0.2, 0) is 6.54 Å². The lowest BCUT2D eigenvalue weighted by molar-refractivity contribution is 0.561. The number of hydrogen-bond acceptors (Lipinski definition) is 2. The van der Waals surface area contributed by atoms with Gasteiger partial charge in [0.1, 0.15) is 5.82 Å². The summed E-state index contributed by atoms with van der Waals surface area (Å²) in [5, 5.41) is 4.09. The molecule has 0 bridgehead atoms. The first-order valence-corrected chi connectivity index (χ1v) is 6.53. The molecule has 0 saturated heterocycles. The Morgan fingerprint density at radius 1 is 1.32 bits per heavy atom. The summed E-state index contributed by atoms with van der Waals surface area (Å²) in [6, 6.07) is 7.49. The molecular weight excluding hydrogens is 263 g/mol. The molecule has 2 aromatic rings. The Labute approximate surface area is 117 Å². The monoisotopic (exact) mass is 278 g/mol. The number of rotatable bonds is 4. The molecule has 0 aliphatic rings. The van der Waals surface area contributed by atoms with E-state index >= 15 is 0 Å². The highest BCUT2D eigenvalue weighted by atomic mass is 35.5. The molecule has 0 aliphatic carbocycles. The van der Waals surface area contributed by atoms with Crippen LogP contribution in [0.4, 0.5) is 4.39 Å². The summed E-state index contributed by atoms with van der Waals surface area (Å²) < 4.78 is 13.1. The maximum Gasteiger partial charge on any atom is 0.141 e. The third-order valence-electron chi connectivity index (χ3n) is 3.07. The number of benzene rings is 1. The van der Waals surface area contributed by atoms with Crippen molar-refractivity contribution in [3.8, 4) is 0 Å². The zero-order chi connectivity index (χ0) is 13.8. The summed E-state index contributed by atoms with van der Waals surface area (Å²) in [5.41, 5.74) is 3.00. The Bertz CT molecular complexity index is 572. The van der Waals surface area contributed by atoms with E-state index in [0.29, 0.717) is 6.54 Å². The normalized spacial score (nSPS) is 12.4. The van der Waals surface area contributed by atoms with Crippen LogP contribution in [0.2, 0.25) is 5.02 Å². The van der Waals surface area contributed by atoms with Gasteiger partial charge in [0.2, 0.25) is 0 Å². The van der Waals surface area contributed by atoms with Crippen LogP contribution >= 0.6 is 11.6 Å². The maximum atomic E-state index is 13.1. The van der Waals surface area contributed by atoms with Gasteiger partial charge in [0.25, 0.3) is 0 Å². The summed E-state index contributed by atoms with van der Waals surface area (Å²) in [5.74, 6) is -0.315. The van der Waals surface area contributed by atoms with Gasteiger partial charge in [0.05, 0.1) is 6.20 Å². The zero-order valence-corrected chi connectivity index (χ0v) is 11.7. The molecule has 1 aromatic carbocycles. The molecule has 1 unspecified atom stereocenters. The van der Waals surface area contributed by atoms with Crippen molar-refractivity contribution in [2.75, 3.05) is 0 Å². The van der Waals surface area contributed by atoms with E-state index in [9.17, 15) is 4.39 Å². The Morgan fingerprint density at radius 2 is 2.11 bits per heavy atom. The van der Waals surface area contributed by atoms with Gasteiger partial charge in [0, 0.05) is 23.8 Å². The molecule has 2 nitrogen and oxygen atoms in total. The van der Waals surface area contributed by atoms with E-state index in [1.54, 1.807) is 6.20 Å². The van der Waals surface area contributed by atoms with E-state index < -0.39 is 0 Å². The molecule has 1 heterocycles. The highest BCUT2D eigenvalue weighted by Crippen LogP contribution is 2.18. The molecule has 4 heteroatoms. The number of hydrogen-bond donors (Lipinski definition) is 1. The number of pyridine rings is 1. The van der Waals surface area contributed by atoms with Gasteiger partial charge in [0.15, 0.2) is 0 Å². The van der Waals surface area contributed by atoms with Gasteiger partial charge in [-0.1, -0.05) is 23.7 Å². The van der Waals surface area contributed by atoms with Crippen molar-refractivity contribution in [3.63, 3.8) is 0 Å². The van der Waals surface area contributed by atoms with Gasteiger partial charge in [-0.2, -0.15) is 0 Å². The average molecular weight is 279 g/mol. The van der Waals surface area contributed by atoms with Crippen molar-refractivity contribution in [3.05, 3.63) is 64.2 Å². The molecule has 0 fully saturated rings. The fourth-order valence-corrected chi connectivity index (χ4v) is 2.00. The summed E-state index contributed by atoms with van der Waals surface area (Å²) in [6.07, 6.45) is 2.87. The summed E-state index contributed by atoms with van der Waals surface area (Å²) in [6.45, 7) is 4.63. The van der Waals surface area contributed by atoms with Gasteiger partial charge >= 0.3 is 0 Å². The lowest BCUT2D eigenvalue weighted by Crippen LogP contribution is -2.18. The molecule has 2 rings (SSSR count). The fourth-order valence-electron chi connectivity index (χ4n) is 1.80. The number of aromatic nitrogens is 1. The van der Waals surface area contributed by atoms with Crippen LogP contribution in [0.1, 0.15) is 29.7 Å². The highest BCUT2D eigenvalue weighted by Gasteiger charge is 2.07. The second-order valence-electron chi connectivity index (χ2n) is 4.62. The van der Waals surface area contributed by atoms with Crippen LogP contribution in [0.25, 0.3) is 0 Å². The Kier molecular flexibility index (Phi) is 4.51. The number of nitrogens with zero attached hydrogens (tertiary/aromatic N) is 1. The van der Waals surface area contributed by atoms with Gasteiger partial charge in [-0.15, -0.1) is 0 Å².